The molecule has 2 heterocycles. The molecule has 1 fully saturated rings. The van der Waals surface area contributed by atoms with Crippen molar-refractivity contribution in [3.05, 3.63) is 17.8 Å². The minimum Gasteiger partial charge on any atom is -0.477 e. The van der Waals surface area contributed by atoms with Gasteiger partial charge in [0, 0.05) is 25.7 Å². The summed E-state index contributed by atoms with van der Waals surface area (Å²) in [6.07, 6.45) is 0.277. The van der Waals surface area contributed by atoms with Crippen LogP contribution in [-0.2, 0) is 4.79 Å². The molecule has 0 radical (unpaired) electrons. The second kappa shape index (κ2) is 4.00. The molecule has 1 aliphatic rings. The molecule has 86 valence electrons. The first-order chi connectivity index (χ1) is 7.58. The lowest BCUT2D eigenvalue weighted by Crippen LogP contribution is -2.29. The van der Waals surface area contributed by atoms with Crippen LogP contribution in [-0.4, -0.2) is 35.5 Å². The highest BCUT2D eigenvalue weighted by molar-refractivity contribution is 5.83. The molecule has 1 aromatic rings. The van der Waals surface area contributed by atoms with Gasteiger partial charge >= 0.3 is 0 Å². The summed E-state index contributed by atoms with van der Waals surface area (Å²) < 4.78 is 5.57. The van der Waals surface area contributed by atoms with Crippen molar-refractivity contribution < 1.29 is 9.53 Å². The number of aryl methyl sites for hydroxylation is 1. The number of likely N-dealkylation sites (tertiary alicyclic amines) is 1. The number of nitrogens with zero attached hydrogens (tertiary/aromatic N) is 2. The van der Waals surface area contributed by atoms with Crippen molar-refractivity contribution >= 4 is 11.7 Å². The smallest absolute Gasteiger partial charge is 0.263 e. The number of hydrogen-bond donors (Lipinski definition) is 1. The van der Waals surface area contributed by atoms with Crippen molar-refractivity contribution in [2.24, 2.45) is 0 Å². The lowest BCUT2D eigenvalue weighted by atomic mass is 10.3. The molecule has 0 aromatic carbocycles. The fourth-order valence-corrected chi connectivity index (χ4v) is 1.72. The largest absolute Gasteiger partial charge is 0.477 e. The molecule has 1 amide bonds. The Kier molecular flexibility index (Phi) is 2.68. The maximum absolute atomic E-state index is 11.6. The summed E-state index contributed by atoms with van der Waals surface area (Å²) in [4.78, 5) is 17.4. The molecule has 5 heteroatoms. The number of likely N-dealkylation sites (N-methyl/N-ethyl adjacent to an activating group) is 1. The number of aromatic nitrogens is 1. The Balaban J connectivity index is 2.12. The topological polar surface area (TPSA) is 68.5 Å². The average molecular weight is 221 g/mol. The van der Waals surface area contributed by atoms with Crippen LogP contribution in [0.3, 0.4) is 0 Å². The third kappa shape index (κ3) is 1.93. The van der Waals surface area contributed by atoms with Crippen LogP contribution < -0.4 is 10.5 Å². The highest BCUT2D eigenvalue weighted by Crippen LogP contribution is 2.23. The van der Waals surface area contributed by atoms with Gasteiger partial charge in [-0.3, -0.25) is 4.79 Å². The van der Waals surface area contributed by atoms with Crippen LogP contribution in [0.15, 0.2) is 12.1 Å². The van der Waals surface area contributed by atoms with Gasteiger partial charge in [-0.1, -0.05) is 0 Å². The molecule has 1 unspecified atom stereocenters. The van der Waals surface area contributed by atoms with Crippen molar-refractivity contribution in [3.63, 3.8) is 0 Å². The average Bonchev–Trinajstić information content (AvgIpc) is 2.54. The van der Waals surface area contributed by atoms with Crippen LogP contribution in [0.5, 0.6) is 5.75 Å². The number of amides is 1. The zero-order valence-electron chi connectivity index (χ0n) is 9.43. The minimum absolute atomic E-state index is 0.0000231. The lowest BCUT2D eigenvalue weighted by molar-refractivity contribution is -0.132. The normalized spacial score (nSPS) is 20.2. The molecule has 1 aliphatic heterocycles. The molecule has 16 heavy (non-hydrogen) atoms. The van der Waals surface area contributed by atoms with Gasteiger partial charge < -0.3 is 15.4 Å². The number of ether oxygens (including phenoxy) is 1. The molecular weight excluding hydrogens is 206 g/mol. The highest BCUT2D eigenvalue weighted by atomic mass is 16.5. The first-order valence-electron chi connectivity index (χ1n) is 5.22. The van der Waals surface area contributed by atoms with Crippen LogP contribution in [0.25, 0.3) is 0 Å². The molecule has 0 aliphatic carbocycles. The van der Waals surface area contributed by atoms with Crippen LogP contribution in [0.2, 0.25) is 0 Å². The van der Waals surface area contributed by atoms with Gasteiger partial charge in [0.25, 0.3) is 5.91 Å². The molecule has 0 spiro atoms. The van der Waals surface area contributed by atoms with Gasteiger partial charge in [-0.05, 0) is 19.1 Å². The number of carbonyl (C=O) groups excluding carboxylic acids is 1. The summed E-state index contributed by atoms with van der Waals surface area (Å²) in [6, 6.07) is 3.57. The Bertz CT molecular complexity index is 420. The van der Waals surface area contributed by atoms with E-state index in [1.165, 1.54) is 0 Å². The number of nitrogen functional groups attached to an aromatic ring is 1. The third-order valence-corrected chi connectivity index (χ3v) is 2.67. The van der Waals surface area contributed by atoms with E-state index in [0.717, 1.165) is 12.2 Å². The van der Waals surface area contributed by atoms with Crippen molar-refractivity contribution in [1.29, 1.82) is 0 Å². The zero-order valence-corrected chi connectivity index (χ0v) is 9.43. The van der Waals surface area contributed by atoms with E-state index in [4.69, 9.17) is 10.5 Å². The van der Waals surface area contributed by atoms with E-state index in [2.05, 4.69) is 4.98 Å². The van der Waals surface area contributed by atoms with Crippen LogP contribution >= 0.6 is 0 Å². The number of pyridine rings is 1. The fraction of sp³-hybridized carbons (Fsp3) is 0.455. The number of hydrogen-bond acceptors (Lipinski definition) is 4. The van der Waals surface area contributed by atoms with Crippen LogP contribution in [0.4, 0.5) is 5.82 Å². The molecule has 1 saturated heterocycles. The summed E-state index contributed by atoms with van der Waals surface area (Å²) in [6.45, 7) is 2.58. The third-order valence-electron chi connectivity index (χ3n) is 2.67. The second-order valence-electron chi connectivity index (χ2n) is 3.99. The van der Waals surface area contributed by atoms with Gasteiger partial charge in [-0.15, -0.1) is 0 Å². The minimum atomic E-state index is -0.420. The van der Waals surface area contributed by atoms with E-state index in [0.29, 0.717) is 18.0 Å². The molecule has 1 atom stereocenters. The molecule has 2 rings (SSSR count). The predicted molar refractivity (Wildman–Crippen MR) is 60.1 cm³/mol. The van der Waals surface area contributed by atoms with Crippen LogP contribution in [0, 0.1) is 6.92 Å². The summed E-state index contributed by atoms with van der Waals surface area (Å²) in [5, 5.41) is 0. The molecule has 2 N–H and O–H groups in total. The molecule has 0 saturated carbocycles. The van der Waals surface area contributed by atoms with Gasteiger partial charge in [0.15, 0.2) is 17.7 Å². The first kappa shape index (κ1) is 10.7. The van der Waals surface area contributed by atoms with Crippen molar-refractivity contribution in [2.45, 2.75) is 19.4 Å². The quantitative estimate of drug-likeness (QED) is 0.793. The molecule has 1 aromatic heterocycles. The SMILES string of the molecule is Cc1ccc(OC2CCN(C)C2=O)c(N)n1. The van der Waals surface area contributed by atoms with Gasteiger partial charge in [0.05, 0.1) is 0 Å². The Labute approximate surface area is 94.2 Å². The van der Waals surface area contributed by atoms with Gasteiger partial charge in [-0.2, -0.15) is 0 Å². The summed E-state index contributed by atoms with van der Waals surface area (Å²) in [5.74, 6) is 0.821. The van der Waals surface area contributed by atoms with E-state index in [1.807, 2.05) is 13.0 Å². The maximum atomic E-state index is 11.6. The van der Waals surface area contributed by atoms with E-state index < -0.39 is 6.10 Å². The Morgan fingerprint density at radius 3 is 2.88 bits per heavy atom. The van der Waals surface area contributed by atoms with Gasteiger partial charge in [0.2, 0.25) is 0 Å². The Morgan fingerprint density at radius 1 is 1.56 bits per heavy atom. The van der Waals surface area contributed by atoms with E-state index in [9.17, 15) is 4.79 Å². The number of nitrogens with two attached hydrogens (primary N) is 1. The second-order valence-corrected chi connectivity index (χ2v) is 3.99. The lowest BCUT2D eigenvalue weighted by Gasteiger charge is -2.14. The predicted octanol–water partition coefficient (Wildman–Crippen LogP) is 0.582. The summed E-state index contributed by atoms with van der Waals surface area (Å²) >= 11 is 0. The summed E-state index contributed by atoms with van der Waals surface area (Å²) in [7, 11) is 1.77. The Hall–Kier alpha value is -1.78. The van der Waals surface area contributed by atoms with Crippen molar-refractivity contribution in [1.82, 2.24) is 9.88 Å². The first-order valence-corrected chi connectivity index (χ1v) is 5.22. The van der Waals surface area contributed by atoms with Gasteiger partial charge in [0.1, 0.15) is 0 Å². The van der Waals surface area contributed by atoms with Crippen LogP contribution in [0.1, 0.15) is 12.1 Å². The Morgan fingerprint density at radius 2 is 2.31 bits per heavy atom. The standard InChI is InChI=1S/C11H15N3O2/c1-7-3-4-8(10(12)13-7)16-9-5-6-14(2)11(9)15/h3-4,9H,5-6H2,1-2H3,(H2,12,13). The highest BCUT2D eigenvalue weighted by Gasteiger charge is 2.31. The number of rotatable bonds is 2. The molecule has 0 bridgehead atoms. The van der Waals surface area contributed by atoms with Gasteiger partial charge in [-0.25, -0.2) is 4.98 Å². The van der Waals surface area contributed by atoms with E-state index >= 15 is 0 Å². The number of anilines is 1. The molecule has 5 nitrogen and oxygen atoms in total. The van der Waals surface area contributed by atoms with Crippen molar-refractivity contribution in [3.8, 4) is 5.75 Å². The molecular formula is C11H15N3O2. The zero-order chi connectivity index (χ0) is 11.7. The summed E-state index contributed by atoms with van der Waals surface area (Å²) in [5.41, 5.74) is 6.55. The van der Waals surface area contributed by atoms with E-state index in [1.54, 1.807) is 18.0 Å². The fourth-order valence-electron chi connectivity index (χ4n) is 1.72. The number of carbonyl (C=O) groups is 1. The van der Waals surface area contributed by atoms with E-state index in [-0.39, 0.29) is 5.91 Å². The van der Waals surface area contributed by atoms with Crippen molar-refractivity contribution in [2.75, 3.05) is 19.3 Å². The maximum Gasteiger partial charge on any atom is 0.263 e. The monoisotopic (exact) mass is 221 g/mol.